The van der Waals surface area contributed by atoms with Crippen molar-refractivity contribution >= 4 is 33.2 Å². The van der Waals surface area contributed by atoms with Gasteiger partial charge in [0.25, 0.3) is 0 Å². The summed E-state index contributed by atoms with van der Waals surface area (Å²) in [4.78, 5) is 26.2. The molecule has 0 saturated carbocycles. The lowest BCUT2D eigenvalue weighted by atomic mass is 9.97. The lowest BCUT2D eigenvalue weighted by molar-refractivity contribution is -0.125. The van der Waals surface area contributed by atoms with Gasteiger partial charge in [-0.15, -0.1) is 0 Å². The zero-order valence-corrected chi connectivity index (χ0v) is 13.7. The second kappa shape index (κ2) is 5.93. The van der Waals surface area contributed by atoms with Crippen molar-refractivity contribution in [2.75, 3.05) is 36.1 Å². The van der Waals surface area contributed by atoms with E-state index in [1.54, 1.807) is 24.3 Å². The van der Waals surface area contributed by atoms with Gasteiger partial charge in [-0.2, -0.15) is 0 Å². The Hall–Kier alpha value is -1.93. The number of fused-ring (bicyclic) bond motifs is 1. The number of nitrogens with one attached hydrogen (secondary N) is 1. The lowest BCUT2D eigenvalue weighted by Crippen LogP contribution is -2.49. The largest absolute Gasteiger partial charge is 0.323 e. The van der Waals surface area contributed by atoms with E-state index in [2.05, 4.69) is 5.32 Å². The Morgan fingerprint density at radius 2 is 2.04 bits per heavy atom. The number of amides is 2. The maximum Gasteiger partial charge on any atom is 0.244 e. The molecule has 0 spiro atoms. The Morgan fingerprint density at radius 1 is 1.30 bits per heavy atom. The Morgan fingerprint density at radius 3 is 2.78 bits per heavy atom. The maximum atomic E-state index is 12.9. The van der Waals surface area contributed by atoms with Gasteiger partial charge in [-0.3, -0.25) is 9.59 Å². The molecule has 1 fully saturated rings. The van der Waals surface area contributed by atoms with E-state index in [9.17, 15) is 18.0 Å². The van der Waals surface area contributed by atoms with Crippen LogP contribution in [0.15, 0.2) is 24.3 Å². The highest BCUT2D eigenvalue weighted by molar-refractivity contribution is 7.88. The summed E-state index contributed by atoms with van der Waals surface area (Å²) >= 11 is 0. The van der Waals surface area contributed by atoms with Crippen LogP contribution in [0.2, 0.25) is 0 Å². The molecule has 0 radical (unpaired) electrons. The number of para-hydroxylation sites is 2. The molecule has 1 aromatic carbocycles. The molecule has 7 nitrogen and oxygen atoms in total. The predicted octanol–water partition coefficient (Wildman–Crippen LogP) is 0.643. The molecular weight excluding hydrogens is 318 g/mol. The normalized spacial score (nSPS) is 22.4. The van der Waals surface area contributed by atoms with Crippen LogP contribution in [0.5, 0.6) is 0 Å². The van der Waals surface area contributed by atoms with Crippen molar-refractivity contribution in [1.29, 1.82) is 0 Å². The number of sulfonamides is 1. The summed E-state index contributed by atoms with van der Waals surface area (Å²) in [6.45, 7) is 0.586. The van der Waals surface area contributed by atoms with Gasteiger partial charge in [-0.1, -0.05) is 12.1 Å². The summed E-state index contributed by atoms with van der Waals surface area (Å²) in [7, 11) is -3.31. The molecule has 0 bridgehead atoms. The van der Waals surface area contributed by atoms with Crippen molar-refractivity contribution in [3.63, 3.8) is 0 Å². The molecule has 0 aromatic heterocycles. The van der Waals surface area contributed by atoms with Crippen LogP contribution in [0.3, 0.4) is 0 Å². The van der Waals surface area contributed by atoms with E-state index in [0.717, 1.165) is 6.26 Å². The number of rotatable bonds is 2. The Balaban J connectivity index is 1.84. The Labute approximate surface area is 135 Å². The minimum absolute atomic E-state index is 0.0365. The minimum atomic E-state index is -3.31. The van der Waals surface area contributed by atoms with E-state index < -0.39 is 15.9 Å². The van der Waals surface area contributed by atoms with Crippen LogP contribution in [0, 0.1) is 5.92 Å². The van der Waals surface area contributed by atoms with E-state index in [4.69, 9.17) is 0 Å². The fraction of sp³-hybridized carbons (Fsp3) is 0.467. The summed E-state index contributed by atoms with van der Waals surface area (Å²) in [5, 5.41) is 2.74. The van der Waals surface area contributed by atoms with Crippen molar-refractivity contribution in [3.05, 3.63) is 24.3 Å². The summed E-state index contributed by atoms with van der Waals surface area (Å²) < 4.78 is 24.8. The van der Waals surface area contributed by atoms with Gasteiger partial charge in [0.05, 0.1) is 23.5 Å². The van der Waals surface area contributed by atoms with Gasteiger partial charge >= 0.3 is 0 Å². The van der Waals surface area contributed by atoms with E-state index >= 15 is 0 Å². The van der Waals surface area contributed by atoms with Crippen molar-refractivity contribution in [2.45, 2.75) is 12.8 Å². The molecule has 2 aliphatic heterocycles. The first-order valence-corrected chi connectivity index (χ1v) is 9.36. The fourth-order valence-electron chi connectivity index (χ4n) is 3.10. The Kier molecular flexibility index (Phi) is 4.11. The van der Waals surface area contributed by atoms with Gasteiger partial charge in [0.15, 0.2) is 0 Å². The highest BCUT2D eigenvalue weighted by Crippen LogP contribution is 2.31. The molecule has 1 atom stereocenters. The molecular formula is C15H19N3O4S. The average Bonchev–Trinajstić information content (AvgIpc) is 2.52. The topological polar surface area (TPSA) is 86.8 Å². The van der Waals surface area contributed by atoms with Crippen LogP contribution in [0.4, 0.5) is 11.4 Å². The van der Waals surface area contributed by atoms with Crippen LogP contribution in [-0.4, -0.2) is 50.4 Å². The number of piperidine rings is 1. The van der Waals surface area contributed by atoms with E-state index in [0.29, 0.717) is 30.8 Å². The minimum Gasteiger partial charge on any atom is -0.323 e. The number of benzene rings is 1. The number of nitrogens with zero attached hydrogens (tertiary/aromatic N) is 2. The number of hydrogen-bond donors (Lipinski definition) is 1. The van der Waals surface area contributed by atoms with E-state index in [1.807, 2.05) is 0 Å². The highest BCUT2D eigenvalue weighted by atomic mass is 32.2. The van der Waals surface area contributed by atoms with Gasteiger partial charge in [0.1, 0.15) is 6.54 Å². The predicted molar refractivity (Wildman–Crippen MR) is 86.6 cm³/mol. The molecule has 2 aliphatic rings. The van der Waals surface area contributed by atoms with Crippen LogP contribution in [0.25, 0.3) is 0 Å². The summed E-state index contributed by atoms with van der Waals surface area (Å²) in [6, 6.07) is 7.12. The van der Waals surface area contributed by atoms with Gasteiger partial charge in [-0.25, -0.2) is 12.7 Å². The monoisotopic (exact) mass is 337 g/mol. The standard InChI is InChI=1S/C15H19N3O4S/c1-23(21,22)17-8-4-5-11(9-17)15(20)18-10-14(19)16-12-6-2-3-7-13(12)18/h2-3,6-7,11H,4-5,8-10H2,1H3,(H,16,19)/t11-/m1/s1. The smallest absolute Gasteiger partial charge is 0.244 e. The van der Waals surface area contributed by atoms with Crippen LogP contribution in [0.1, 0.15) is 12.8 Å². The van der Waals surface area contributed by atoms with E-state index in [1.165, 1.54) is 9.21 Å². The zero-order chi connectivity index (χ0) is 16.6. The molecule has 124 valence electrons. The molecule has 0 aliphatic carbocycles. The number of carbonyl (C=O) groups excluding carboxylic acids is 2. The third-order valence-corrected chi connectivity index (χ3v) is 5.51. The molecule has 0 unspecified atom stereocenters. The molecule has 1 N–H and O–H groups in total. The van der Waals surface area contributed by atoms with Crippen molar-refractivity contribution < 1.29 is 18.0 Å². The third-order valence-electron chi connectivity index (χ3n) is 4.24. The number of anilines is 2. The van der Waals surface area contributed by atoms with Gasteiger partial charge in [0.2, 0.25) is 21.8 Å². The SMILES string of the molecule is CS(=O)(=O)N1CCC[C@@H](C(=O)N2CC(=O)Nc3ccccc32)C1. The molecule has 8 heteroatoms. The first kappa shape index (κ1) is 15.9. The molecule has 3 rings (SSSR count). The van der Waals surface area contributed by atoms with Gasteiger partial charge < -0.3 is 10.2 Å². The second-order valence-corrected chi connectivity index (χ2v) is 7.93. The molecule has 2 amide bonds. The van der Waals surface area contributed by atoms with Crippen molar-refractivity contribution in [2.24, 2.45) is 5.92 Å². The maximum absolute atomic E-state index is 12.9. The lowest BCUT2D eigenvalue weighted by Gasteiger charge is -2.35. The van der Waals surface area contributed by atoms with E-state index in [-0.39, 0.29) is 24.9 Å². The third kappa shape index (κ3) is 3.23. The van der Waals surface area contributed by atoms with Crippen LogP contribution in [-0.2, 0) is 19.6 Å². The molecule has 23 heavy (non-hydrogen) atoms. The first-order valence-electron chi connectivity index (χ1n) is 7.51. The molecule has 1 saturated heterocycles. The Bertz CT molecular complexity index is 747. The molecule has 1 aromatic rings. The molecule has 2 heterocycles. The average molecular weight is 337 g/mol. The second-order valence-electron chi connectivity index (χ2n) is 5.95. The van der Waals surface area contributed by atoms with Crippen LogP contribution >= 0.6 is 0 Å². The van der Waals surface area contributed by atoms with Crippen molar-refractivity contribution in [3.8, 4) is 0 Å². The fourth-order valence-corrected chi connectivity index (χ4v) is 4.01. The summed E-state index contributed by atoms with van der Waals surface area (Å²) in [6.07, 6.45) is 2.43. The summed E-state index contributed by atoms with van der Waals surface area (Å²) in [5.74, 6) is -0.856. The first-order chi connectivity index (χ1) is 10.9. The van der Waals surface area contributed by atoms with Gasteiger partial charge in [0, 0.05) is 13.1 Å². The zero-order valence-electron chi connectivity index (χ0n) is 12.9. The summed E-state index contributed by atoms with van der Waals surface area (Å²) in [5.41, 5.74) is 1.27. The number of hydrogen-bond acceptors (Lipinski definition) is 4. The van der Waals surface area contributed by atoms with Gasteiger partial charge in [-0.05, 0) is 25.0 Å². The quantitative estimate of drug-likeness (QED) is 0.858. The number of carbonyl (C=O) groups is 2. The van der Waals surface area contributed by atoms with Crippen LogP contribution < -0.4 is 10.2 Å². The highest BCUT2D eigenvalue weighted by Gasteiger charge is 2.35. The van der Waals surface area contributed by atoms with Crippen molar-refractivity contribution in [1.82, 2.24) is 4.31 Å².